The summed E-state index contributed by atoms with van der Waals surface area (Å²) < 4.78 is 1.93. The van der Waals surface area contributed by atoms with Crippen molar-refractivity contribution in [1.29, 1.82) is 5.26 Å². The molecule has 18 heavy (non-hydrogen) atoms. The highest BCUT2D eigenvalue weighted by molar-refractivity contribution is 5.87. The molecule has 2 rings (SSSR count). The highest BCUT2D eigenvalue weighted by Gasteiger charge is 2.21. The van der Waals surface area contributed by atoms with Gasteiger partial charge in [0.05, 0.1) is 18.2 Å². The van der Waals surface area contributed by atoms with Gasteiger partial charge in [-0.15, -0.1) is 0 Å². The molecule has 0 fully saturated rings. The minimum atomic E-state index is -0.330. The molecule has 92 valence electrons. The average molecular weight is 240 g/mol. The first-order valence-electron chi connectivity index (χ1n) is 5.94. The molecule has 0 atom stereocenters. The minimum Gasteiger partial charge on any atom is -0.340 e. The van der Waals surface area contributed by atoms with Crippen LogP contribution in [-0.4, -0.2) is 10.4 Å². The Morgan fingerprint density at radius 3 is 2.67 bits per heavy atom. The summed E-state index contributed by atoms with van der Waals surface area (Å²) in [5.41, 5.74) is 1.30. The van der Waals surface area contributed by atoms with E-state index < -0.39 is 0 Å². The van der Waals surface area contributed by atoms with E-state index in [-0.39, 0.29) is 11.2 Å². The van der Waals surface area contributed by atoms with Crippen molar-refractivity contribution < 1.29 is 4.79 Å². The van der Waals surface area contributed by atoms with Crippen LogP contribution in [0.1, 0.15) is 26.3 Å². The molecule has 0 saturated carbocycles. The van der Waals surface area contributed by atoms with Crippen molar-refractivity contribution >= 4 is 16.7 Å². The molecule has 0 aliphatic heterocycles. The van der Waals surface area contributed by atoms with E-state index in [1.54, 1.807) is 6.07 Å². The predicted octanol–water partition coefficient (Wildman–Crippen LogP) is 3.13. The number of nitrogens with zero attached hydrogens (tertiary/aromatic N) is 2. The number of benzene rings is 1. The van der Waals surface area contributed by atoms with Crippen LogP contribution in [0.3, 0.4) is 0 Å². The molecular weight excluding hydrogens is 224 g/mol. The largest absolute Gasteiger partial charge is 0.340 e. The third-order valence-electron chi connectivity index (χ3n) is 3.05. The first-order valence-corrected chi connectivity index (χ1v) is 5.94. The molecule has 3 nitrogen and oxygen atoms in total. The first kappa shape index (κ1) is 12.4. The SMILES string of the molecule is CC(C)(C)C(=O)Cn1ccc2cc(C#N)ccc21. The van der Waals surface area contributed by atoms with E-state index in [2.05, 4.69) is 6.07 Å². The van der Waals surface area contributed by atoms with E-state index in [4.69, 9.17) is 5.26 Å². The van der Waals surface area contributed by atoms with Gasteiger partial charge >= 0.3 is 0 Å². The Bertz CT molecular complexity index is 639. The molecule has 3 heteroatoms. The van der Waals surface area contributed by atoms with Gasteiger partial charge in [0.2, 0.25) is 0 Å². The van der Waals surface area contributed by atoms with Gasteiger partial charge in [-0.1, -0.05) is 20.8 Å². The van der Waals surface area contributed by atoms with Gasteiger partial charge in [-0.2, -0.15) is 5.26 Å². The van der Waals surface area contributed by atoms with Gasteiger partial charge < -0.3 is 4.57 Å². The highest BCUT2D eigenvalue weighted by Crippen LogP contribution is 2.20. The van der Waals surface area contributed by atoms with Crippen LogP contribution in [0, 0.1) is 16.7 Å². The van der Waals surface area contributed by atoms with Gasteiger partial charge in [-0.25, -0.2) is 0 Å². The van der Waals surface area contributed by atoms with Gasteiger partial charge in [-0.05, 0) is 24.3 Å². The van der Waals surface area contributed by atoms with Crippen LogP contribution in [0.5, 0.6) is 0 Å². The van der Waals surface area contributed by atoms with Gasteiger partial charge in [0.1, 0.15) is 0 Å². The van der Waals surface area contributed by atoms with E-state index >= 15 is 0 Å². The molecule has 2 aromatic rings. The van der Waals surface area contributed by atoms with Crippen molar-refractivity contribution in [2.45, 2.75) is 27.3 Å². The van der Waals surface area contributed by atoms with E-state index in [1.165, 1.54) is 0 Å². The molecule has 0 amide bonds. The summed E-state index contributed by atoms with van der Waals surface area (Å²) in [4.78, 5) is 12.0. The summed E-state index contributed by atoms with van der Waals surface area (Å²) in [7, 11) is 0. The number of nitriles is 1. The van der Waals surface area contributed by atoms with Crippen LogP contribution in [0.15, 0.2) is 30.5 Å². The first-order chi connectivity index (χ1) is 8.41. The third kappa shape index (κ3) is 2.28. The van der Waals surface area contributed by atoms with Gasteiger partial charge in [0, 0.05) is 22.5 Å². The van der Waals surface area contributed by atoms with Gasteiger partial charge in [-0.3, -0.25) is 4.79 Å². The second-order valence-corrected chi connectivity index (χ2v) is 5.50. The Morgan fingerprint density at radius 2 is 2.06 bits per heavy atom. The molecule has 0 radical (unpaired) electrons. The summed E-state index contributed by atoms with van der Waals surface area (Å²) in [6, 6.07) is 9.57. The molecule has 0 bridgehead atoms. The molecule has 1 heterocycles. The molecular formula is C15H16N2O. The van der Waals surface area contributed by atoms with Crippen molar-refractivity contribution in [2.75, 3.05) is 0 Å². The lowest BCUT2D eigenvalue weighted by atomic mass is 9.91. The second kappa shape index (κ2) is 4.30. The fourth-order valence-electron chi connectivity index (χ4n) is 1.80. The number of carbonyl (C=O) groups is 1. The predicted molar refractivity (Wildman–Crippen MR) is 71.1 cm³/mol. The van der Waals surface area contributed by atoms with E-state index in [0.29, 0.717) is 12.1 Å². The third-order valence-corrected chi connectivity index (χ3v) is 3.05. The van der Waals surface area contributed by atoms with Crippen LogP contribution in [-0.2, 0) is 11.3 Å². The molecule has 0 aliphatic rings. The average Bonchev–Trinajstić information content (AvgIpc) is 2.70. The minimum absolute atomic E-state index is 0.198. The molecule has 0 unspecified atom stereocenters. The number of rotatable bonds is 2. The zero-order chi connectivity index (χ0) is 13.3. The number of hydrogen-bond acceptors (Lipinski definition) is 2. The highest BCUT2D eigenvalue weighted by atomic mass is 16.1. The number of hydrogen-bond donors (Lipinski definition) is 0. The lowest BCUT2D eigenvalue weighted by molar-refractivity contribution is -0.126. The quantitative estimate of drug-likeness (QED) is 0.809. The number of Topliss-reactive ketones (excluding diaryl/α,β-unsaturated/α-hetero) is 1. The standard InChI is InChI=1S/C15H16N2O/c1-15(2,3)14(18)10-17-7-6-12-8-11(9-16)4-5-13(12)17/h4-8H,10H2,1-3H3. The zero-order valence-corrected chi connectivity index (χ0v) is 10.9. The fourth-order valence-corrected chi connectivity index (χ4v) is 1.80. The van der Waals surface area contributed by atoms with Gasteiger partial charge in [0.25, 0.3) is 0 Å². The topological polar surface area (TPSA) is 45.8 Å². The van der Waals surface area contributed by atoms with Crippen molar-refractivity contribution in [3.05, 3.63) is 36.0 Å². The lowest BCUT2D eigenvalue weighted by Crippen LogP contribution is -2.24. The van der Waals surface area contributed by atoms with Crippen molar-refractivity contribution in [2.24, 2.45) is 5.41 Å². The van der Waals surface area contributed by atoms with E-state index in [9.17, 15) is 4.79 Å². The lowest BCUT2D eigenvalue weighted by Gasteiger charge is -2.17. The Hall–Kier alpha value is -2.08. The van der Waals surface area contributed by atoms with Crippen molar-refractivity contribution in [3.8, 4) is 6.07 Å². The van der Waals surface area contributed by atoms with E-state index in [1.807, 2.05) is 49.7 Å². The van der Waals surface area contributed by atoms with Crippen LogP contribution in [0.4, 0.5) is 0 Å². The Labute approximate surface area is 107 Å². The van der Waals surface area contributed by atoms with Crippen LogP contribution in [0.25, 0.3) is 10.9 Å². The van der Waals surface area contributed by atoms with Crippen molar-refractivity contribution in [3.63, 3.8) is 0 Å². The molecule has 0 aliphatic carbocycles. The summed E-state index contributed by atoms with van der Waals surface area (Å²) >= 11 is 0. The van der Waals surface area contributed by atoms with Crippen molar-refractivity contribution in [1.82, 2.24) is 4.57 Å². The maximum atomic E-state index is 12.0. The smallest absolute Gasteiger partial charge is 0.157 e. The molecule has 1 aromatic heterocycles. The summed E-state index contributed by atoms with van der Waals surface area (Å²) in [6.45, 7) is 6.15. The maximum Gasteiger partial charge on any atom is 0.157 e. The molecule has 0 spiro atoms. The van der Waals surface area contributed by atoms with Crippen LogP contribution in [0.2, 0.25) is 0 Å². The monoisotopic (exact) mass is 240 g/mol. The number of fused-ring (bicyclic) bond motifs is 1. The Balaban J connectivity index is 2.37. The number of carbonyl (C=O) groups excluding carboxylic acids is 1. The maximum absolute atomic E-state index is 12.0. The molecule has 0 saturated heterocycles. The molecule has 0 N–H and O–H groups in total. The summed E-state index contributed by atoms with van der Waals surface area (Å²) in [5, 5.41) is 9.84. The summed E-state index contributed by atoms with van der Waals surface area (Å²) in [5.74, 6) is 0.198. The second-order valence-electron chi connectivity index (χ2n) is 5.50. The van der Waals surface area contributed by atoms with Crippen LogP contribution < -0.4 is 0 Å². The van der Waals surface area contributed by atoms with Gasteiger partial charge in [0.15, 0.2) is 5.78 Å². The Kier molecular flexibility index (Phi) is 2.96. The molecule has 1 aromatic carbocycles. The summed E-state index contributed by atoms with van der Waals surface area (Å²) in [6.07, 6.45) is 1.90. The number of aromatic nitrogens is 1. The Morgan fingerprint density at radius 1 is 1.33 bits per heavy atom. The fraction of sp³-hybridized carbons (Fsp3) is 0.333. The van der Waals surface area contributed by atoms with Crippen LogP contribution >= 0.6 is 0 Å². The normalized spacial score (nSPS) is 11.4. The zero-order valence-electron chi connectivity index (χ0n) is 10.9. The number of ketones is 1. The van der Waals surface area contributed by atoms with E-state index in [0.717, 1.165) is 10.9 Å².